The molecule has 4 aromatic rings. The van der Waals surface area contributed by atoms with E-state index < -0.39 is 5.97 Å². The van der Waals surface area contributed by atoms with Crippen LogP contribution in [0.15, 0.2) is 54.7 Å². The summed E-state index contributed by atoms with van der Waals surface area (Å²) in [5.74, 6) is 1.06. The summed E-state index contributed by atoms with van der Waals surface area (Å²) >= 11 is 5.88. The van der Waals surface area contributed by atoms with E-state index in [1.807, 2.05) is 18.2 Å². The van der Waals surface area contributed by atoms with Crippen LogP contribution in [0.5, 0.6) is 11.8 Å². The number of piperidine rings is 1. The normalized spacial score (nSPS) is 18.0. The van der Waals surface area contributed by atoms with E-state index >= 15 is 0 Å². The average molecular weight is 564 g/mol. The third-order valence-electron chi connectivity index (χ3n) is 7.29. The number of carbonyl (C=O) groups is 1. The predicted octanol–water partition coefficient (Wildman–Crippen LogP) is 4.59. The molecule has 2 fully saturated rings. The largest absolute Gasteiger partial charge is 0.478 e. The minimum atomic E-state index is -0.940. The predicted molar refractivity (Wildman–Crippen MR) is 148 cm³/mol. The zero-order valence-electron chi connectivity index (χ0n) is 21.9. The van der Waals surface area contributed by atoms with E-state index in [-0.39, 0.29) is 24.4 Å². The molecular weight excluding hydrogens is 534 g/mol. The van der Waals surface area contributed by atoms with Crippen LogP contribution in [0.4, 0.5) is 0 Å². The van der Waals surface area contributed by atoms with E-state index in [1.54, 1.807) is 36.5 Å². The van der Waals surface area contributed by atoms with Crippen molar-refractivity contribution in [1.82, 2.24) is 24.4 Å². The maximum absolute atomic E-state index is 11.6. The summed E-state index contributed by atoms with van der Waals surface area (Å²) in [5.41, 5.74) is 2.66. The number of fused-ring (bicyclic) bond motifs is 1. The van der Waals surface area contributed by atoms with Gasteiger partial charge in [-0.25, -0.2) is 19.7 Å². The van der Waals surface area contributed by atoms with E-state index in [0.717, 1.165) is 61.5 Å². The molecule has 0 radical (unpaired) electrons. The van der Waals surface area contributed by atoms with Crippen molar-refractivity contribution in [2.75, 3.05) is 19.7 Å². The molecule has 0 aliphatic carbocycles. The number of benzene rings is 1. The fraction of sp³-hybridized carbons (Fsp3) is 0.379. The third-order valence-corrected chi connectivity index (χ3v) is 7.51. The zero-order chi connectivity index (χ0) is 27.5. The van der Waals surface area contributed by atoms with Crippen LogP contribution in [0.1, 0.15) is 41.1 Å². The summed E-state index contributed by atoms with van der Waals surface area (Å²) < 4.78 is 19.7. The molecule has 208 valence electrons. The second-order valence-electron chi connectivity index (χ2n) is 10.1. The smallest absolute Gasteiger partial charge is 0.335 e. The SMILES string of the molecule is O=C(O)c1ccc2nc(CN3CCC(Oc4cccc(COc5ccc(Cl)cn5)n4)CC3)n(C[C@@H]3CCO3)c2c1. The Hall–Kier alpha value is -3.73. The molecular formula is C29H30ClN5O5. The summed E-state index contributed by atoms with van der Waals surface area (Å²) in [7, 11) is 0. The molecule has 0 unspecified atom stereocenters. The molecule has 10 nitrogen and oxygen atoms in total. The van der Waals surface area contributed by atoms with Gasteiger partial charge in [-0.15, -0.1) is 0 Å². The topological polar surface area (TPSA) is 112 Å². The number of hydrogen-bond acceptors (Lipinski definition) is 8. The molecule has 3 aromatic heterocycles. The molecule has 5 heterocycles. The Balaban J connectivity index is 1.06. The van der Waals surface area contributed by atoms with Crippen molar-refractivity contribution in [2.45, 2.75) is 51.2 Å². The Morgan fingerprint density at radius 2 is 1.93 bits per heavy atom. The fourth-order valence-corrected chi connectivity index (χ4v) is 5.13. The van der Waals surface area contributed by atoms with Crippen LogP contribution >= 0.6 is 11.6 Å². The highest BCUT2D eigenvalue weighted by Crippen LogP contribution is 2.25. The van der Waals surface area contributed by atoms with Crippen molar-refractivity contribution in [2.24, 2.45) is 0 Å². The molecule has 40 heavy (non-hydrogen) atoms. The van der Waals surface area contributed by atoms with Crippen LogP contribution in [0.3, 0.4) is 0 Å². The Morgan fingerprint density at radius 3 is 2.65 bits per heavy atom. The first-order valence-corrected chi connectivity index (χ1v) is 13.8. The minimum absolute atomic E-state index is 0.0677. The monoisotopic (exact) mass is 563 g/mol. The van der Waals surface area contributed by atoms with Crippen LogP contribution in [-0.4, -0.2) is 67.4 Å². The van der Waals surface area contributed by atoms with Gasteiger partial charge in [0.2, 0.25) is 11.8 Å². The number of likely N-dealkylation sites (tertiary alicyclic amines) is 1. The molecule has 1 N–H and O–H groups in total. The number of carboxylic acid groups (broad SMARTS) is 1. The minimum Gasteiger partial charge on any atom is -0.478 e. The van der Waals surface area contributed by atoms with Crippen LogP contribution in [0.2, 0.25) is 5.02 Å². The lowest BCUT2D eigenvalue weighted by molar-refractivity contribution is -0.0592. The maximum Gasteiger partial charge on any atom is 0.335 e. The summed E-state index contributed by atoms with van der Waals surface area (Å²) in [6, 6.07) is 14.2. The highest BCUT2D eigenvalue weighted by Gasteiger charge is 2.26. The molecule has 2 saturated heterocycles. The van der Waals surface area contributed by atoms with Crippen molar-refractivity contribution >= 4 is 28.6 Å². The molecule has 0 saturated carbocycles. The molecule has 1 atom stereocenters. The number of ether oxygens (including phenoxy) is 3. The Morgan fingerprint density at radius 1 is 1.07 bits per heavy atom. The third kappa shape index (κ3) is 6.19. The lowest BCUT2D eigenvalue weighted by Gasteiger charge is -2.32. The maximum atomic E-state index is 11.6. The lowest BCUT2D eigenvalue weighted by Crippen LogP contribution is -2.39. The number of carboxylic acids is 1. The summed E-state index contributed by atoms with van der Waals surface area (Å²) in [5, 5.41) is 10.0. The van der Waals surface area contributed by atoms with E-state index in [0.29, 0.717) is 29.9 Å². The van der Waals surface area contributed by atoms with Gasteiger partial charge in [-0.1, -0.05) is 17.7 Å². The van der Waals surface area contributed by atoms with Crippen molar-refractivity contribution in [3.05, 3.63) is 76.8 Å². The van der Waals surface area contributed by atoms with E-state index in [9.17, 15) is 9.90 Å². The number of imidazole rings is 1. The second-order valence-corrected chi connectivity index (χ2v) is 10.5. The molecule has 0 bridgehead atoms. The van der Waals surface area contributed by atoms with Crippen molar-refractivity contribution in [3.8, 4) is 11.8 Å². The van der Waals surface area contributed by atoms with Gasteiger partial charge in [-0.3, -0.25) is 4.90 Å². The number of hydrogen-bond donors (Lipinski definition) is 1. The number of aromatic carboxylic acids is 1. The standard InChI is InChI=1S/C29H30ClN5O5/c30-20-5-7-27(31-15-20)39-18-21-2-1-3-28(32-21)40-22-8-11-34(12-9-22)17-26-33-24-6-4-19(29(36)37)14-25(24)35(26)16-23-10-13-38-23/h1-7,14-15,22-23H,8-13,16-18H2,(H,36,37)/t23-/m0/s1. The van der Waals surface area contributed by atoms with Crippen molar-refractivity contribution in [3.63, 3.8) is 0 Å². The molecule has 2 aliphatic rings. The van der Waals surface area contributed by atoms with Crippen LogP contribution < -0.4 is 9.47 Å². The number of rotatable bonds is 10. The Labute approximate surface area is 236 Å². The average Bonchev–Trinajstić information content (AvgIpc) is 3.27. The van der Waals surface area contributed by atoms with Crippen LogP contribution in [0, 0.1) is 0 Å². The van der Waals surface area contributed by atoms with Crippen molar-refractivity contribution in [1.29, 1.82) is 0 Å². The zero-order valence-corrected chi connectivity index (χ0v) is 22.7. The molecule has 1 aromatic carbocycles. The molecule has 6 rings (SSSR count). The van der Waals surface area contributed by atoms with Crippen LogP contribution in [-0.2, 0) is 24.4 Å². The molecule has 0 amide bonds. The van der Waals surface area contributed by atoms with Gasteiger partial charge in [-0.05, 0) is 49.6 Å². The molecule has 0 spiro atoms. The molecule has 2 aliphatic heterocycles. The lowest BCUT2D eigenvalue weighted by atomic mass is 10.1. The second kappa shape index (κ2) is 11.8. The first-order chi connectivity index (χ1) is 19.5. The fourth-order valence-electron chi connectivity index (χ4n) is 5.02. The first-order valence-electron chi connectivity index (χ1n) is 13.4. The van der Waals surface area contributed by atoms with Gasteiger partial charge < -0.3 is 23.9 Å². The van der Waals surface area contributed by atoms with Gasteiger partial charge in [0.1, 0.15) is 18.5 Å². The Kier molecular flexibility index (Phi) is 7.81. The van der Waals surface area contributed by atoms with Gasteiger partial charge in [0.25, 0.3) is 0 Å². The van der Waals surface area contributed by atoms with E-state index in [2.05, 4.69) is 19.4 Å². The first kappa shape index (κ1) is 26.5. The van der Waals surface area contributed by atoms with Gasteiger partial charge in [0, 0.05) is 38.0 Å². The van der Waals surface area contributed by atoms with Crippen LogP contribution in [0.25, 0.3) is 11.0 Å². The number of pyridine rings is 2. The highest BCUT2D eigenvalue weighted by molar-refractivity contribution is 6.30. The highest BCUT2D eigenvalue weighted by atomic mass is 35.5. The quantitative estimate of drug-likeness (QED) is 0.296. The summed E-state index contributed by atoms with van der Waals surface area (Å²) in [4.78, 5) is 27.5. The van der Waals surface area contributed by atoms with E-state index in [4.69, 9.17) is 30.8 Å². The Bertz CT molecular complexity index is 1480. The number of nitrogens with zero attached hydrogens (tertiary/aromatic N) is 5. The van der Waals surface area contributed by atoms with Gasteiger partial charge in [-0.2, -0.15) is 0 Å². The number of aromatic nitrogens is 4. The summed E-state index contributed by atoms with van der Waals surface area (Å²) in [6.07, 6.45) is 4.49. The van der Waals surface area contributed by atoms with Gasteiger partial charge in [0.15, 0.2) is 0 Å². The number of halogens is 1. The van der Waals surface area contributed by atoms with E-state index in [1.165, 1.54) is 0 Å². The van der Waals surface area contributed by atoms with Gasteiger partial charge in [0.05, 0.1) is 46.5 Å². The molecule has 11 heteroatoms. The van der Waals surface area contributed by atoms with Crippen molar-refractivity contribution < 1.29 is 24.1 Å². The van der Waals surface area contributed by atoms with Gasteiger partial charge >= 0.3 is 5.97 Å². The summed E-state index contributed by atoms with van der Waals surface area (Å²) in [6.45, 7) is 4.13.